The van der Waals surface area contributed by atoms with Crippen LogP contribution in [-0.4, -0.2) is 30.5 Å². The zero-order valence-corrected chi connectivity index (χ0v) is 11.3. The van der Waals surface area contributed by atoms with Crippen LogP contribution in [0.15, 0.2) is 18.2 Å². The summed E-state index contributed by atoms with van der Waals surface area (Å²) in [5.41, 5.74) is 5.01. The smallest absolute Gasteiger partial charge is 0.255 e. The number of hydrogen-bond acceptors (Lipinski definition) is 4. The number of aromatic hydroxyl groups is 1. The van der Waals surface area contributed by atoms with Crippen LogP contribution >= 0.6 is 0 Å². The fraction of sp³-hybridized carbons (Fsp3) is 0.385. The Labute approximate surface area is 112 Å². The highest BCUT2D eigenvalue weighted by Gasteiger charge is 2.27. The lowest BCUT2D eigenvalue weighted by Gasteiger charge is -2.22. The molecule has 0 saturated heterocycles. The van der Waals surface area contributed by atoms with Crippen LogP contribution in [0, 0.1) is 5.41 Å². The number of amides is 2. The summed E-state index contributed by atoms with van der Waals surface area (Å²) in [5, 5.41) is 14.8. The van der Waals surface area contributed by atoms with Crippen molar-refractivity contribution >= 4 is 17.5 Å². The van der Waals surface area contributed by atoms with Crippen LogP contribution in [0.5, 0.6) is 5.75 Å². The molecule has 1 rings (SSSR count). The van der Waals surface area contributed by atoms with Gasteiger partial charge in [0.15, 0.2) is 5.75 Å². The maximum atomic E-state index is 11.9. The first-order chi connectivity index (χ1) is 8.79. The predicted octanol–water partition coefficient (Wildman–Crippen LogP) is 0.476. The van der Waals surface area contributed by atoms with Crippen molar-refractivity contribution in [3.8, 4) is 5.75 Å². The van der Waals surface area contributed by atoms with Crippen molar-refractivity contribution in [1.29, 1.82) is 0 Å². The molecule has 0 aromatic heterocycles. The number of hydrogen-bond donors (Lipinski definition) is 4. The van der Waals surface area contributed by atoms with Gasteiger partial charge >= 0.3 is 0 Å². The van der Waals surface area contributed by atoms with E-state index < -0.39 is 11.3 Å². The molecule has 19 heavy (non-hydrogen) atoms. The Hall–Kier alpha value is -2.24. The minimum absolute atomic E-state index is 0.0905. The molecule has 2 amide bonds. The van der Waals surface area contributed by atoms with Crippen molar-refractivity contribution in [3.63, 3.8) is 0 Å². The van der Waals surface area contributed by atoms with Crippen LogP contribution in [0.4, 0.5) is 5.69 Å². The van der Waals surface area contributed by atoms with Crippen molar-refractivity contribution in [2.75, 3.05) is 19.3 Å². The minimum Gasteiger partial charge on any atom is -0.505 e. The molecule has 0 radical (unpaired) electrons. The fourth-order valence-corrected chi connectivity index (χ4v) is 1.56. The summed E-state index contributed by atoms with van der Waals surface area (Å²) in [7, 11) is 1.54. The Balaban J connectivity index is 2.76. The summed E-state index contributed by atoms with van der Waals surface area (Å²) in [6, 6.07) is 4.54. The van der Waals surface area contributed by atoms with Crippen LogP contribution in [0.2, 0.25) is 0 Å². The molecular formula is C13H19N3O3. The second-order valence-corrected chi connectivity index (χ2v) is 4.89. The standard InChI is InChI=1S/C13H19N3O3/c1-13(2,12(19)15-3)7-16-11(18)8-5-4-6-9(14)10(8)17/h4-6,17H,7,14H2,1-3H3,(H,15,19)(H,16,18). The molecule has 0 heterocycles. The molecule has 0 fully saturated rings. The highest BCUT2D eigenvalue weighted by atomic mass is 16.3. The molecule has 1 aromatic rings. The lowest BCUT2D eigenvalue weighted by molar-refractivity contribution is -0.128. The maximum absolute atomic E-state index is 11.9. The Kier molecular flexibility index (Phi) is 4.37. The number of phenols is 1. The Morgan fingerprint density at radius 2 is 2.00 bits per heavy atom. The monoisotopic (exact) mass is 265 g/mol. The number of benzene rings is 1. The molecule has 0 aliphatic carbocycles. The molecule has 0 spiro atoms. The van der Waals surface area contributed by atoms with Crippen molar-refractivity contribution in [3.05, 3.63) is 23.8 Å². The number of carbonyl (C=O) groups is 2. The highest BCUT2D eigenvalue weighted by molar-refractivity contribution is 5.98. The third-order valence-electron chi connectivity index (χ3n) is 2.84. The van der Waals surface area contributed by atoms with Gasteiger partial charge in [0, 0.05) is 13.6 Å². The number of rotatable bonds is 4. The second kappa shape index (κ2) is 5.60. The van der Waals surface area contributed by atoms with Crippen LogP contribution in [0.25, 0.3) is 0 Å². The number of carbonyl (C=O) groups excluding carboxylic acids is 2. The molecule has 0 aliphatic heterocycles. The molecule has 0 saturated carbocycles. The van der Waals surface area contributed by atoms with Gasteiger partial charge in [-0.05, 0) is 26.0 Å². The third kappa shape index (κ3) is 3.37. The topological polar surface area (TPSA) is 104 Å². The molecule has 6 nitrogen and oxygen atoms in total. The van der Waals surface area contributed by atoms with Gasteiger partial charge in [-0.25, -0.2) is 0 Å². The summed E-state index contributed by atoms with van der Waals surface area (Å²) >= 11 is 0. The van der Waals surface area contributed by atoms with Crippen molar-refractivity contribution in [1.82, 2.24) is 10.6 Å². The highest BCUT2D eigenvalue weighted by Crippen LogP contribution is 2.24. The largest absolute Gasteiger partial charge is 0.505 e. The lowest BCUT2D eigenvalue weighted by atomic mass is 9.92. The van der Waals surface area contributed by atoms with Crippen LogP contribution in [0.3, 0.4) is 0 Å². The van der Waals surface area contributed by atoms with E-state index in [0.29, 0.717) is 0 Å². The van der Waals surface area contributed by atoms with Gasteiger partial charge in [0.2, 0.25) is 5.91 Å². The van der Waals surface area contributed by atoms with Crippen LogP contribution in [-0.2, 0) is 4.79 Å². The summed E-state index contributed by atoms with van der Waals surface area (Å²) in [4.78, 5) is 23.5. The van der Waals surface area contributed by atoms with E-state index in [1.807, 2.05) is 0 Å². The van der Waals surface area contributed by atoms with Gasteiger partial charge < -0.3 is 21.5 Å². The van der Waals surface area contributed by atoms with Gasteiger partial charge in [0.25, 0.3) is 5.91 Å². The first-order valence-corrected chi connectivity index (χ1v) is 5.87. The van der Waals surface area contributed by atoms with E-state index in [1.165, 1.54) is 19.2 Å². The van der Waals surface area contributed by atoms with Gasteiger partial charge in [-0.1, -0.05) is 6.07 Å². The molecule has 0 unspecified atom stereocenters. The molecule has 6 heteroatoms. The van der Waals surface area contributed by atoms with Crippen molar-refractivity contribution in [2.45, 2.75) is 13.8 Å². The first kappa shape index (κ1) is 14.8. The zero-order valence-electron chi connectivity index (χ0n) is 11.3. The number of anilines is 1. The van der Waals surface area contributed by atoms with E-state index in [4.69, 9.17) is 5.73 Å². The van der Waals surface area contributed by atoms with E-state index in [-0.39, 0.29) is 29.5 Å². The Morgan fingerprint density at radius 1 is 1.37 bits per heavy atom. The SMILES string of the molecule is CNC(=O)C(C)(C)CNC(=O)c1cccc(N)c1O. The third-order valence-corrected chi connectivity index (χ3v) is 2.84. The van der Waals surface area contributed by atoms with E-state index >= 15 is 0 Å². The first-order valence-electron chi connectivity index (χ1n) is 5.87. The van der Waals surface area contributed by atoms with E-state index in [9.17, 15) is 14.7 Å². The molecule has 5 N–H and O–H groups in total. The van der Waals surface area contributed by atoms with E-state index in [0.717, 1.165) is 0 Å². The summed E-state index contributed by atoms with van der Waals surface area (Å²) in [6.07, 6.45) is 0. The summed E-state index contributed by atoms with van der Waals surface area (Å²) in [5.74, 6) is -0.899. The van der Waals surface area contributed by atoms with Crippen LogP contribution in [0.1, 0.15) is 24.2 Å². The fourth-order valence-electron chi connectivity index (χ4n) is 1.56. The number of nitrogens with one attached hydrogen (secondary N) is 2. The van der Waals surface area contributed by atoms with Gasteiger partial charge in [-0.3, -0.25) is 9.59 Å². The van der Waals surface area contributed by atoms with E-state index in [2.05, 4.69) is 10.6 Å². The van der Waals surface area contributed by atoms with Gasteiger partial charge in [0.05, 0.1) is 16.7 Å². The molecule has 0 atom stereocenters. The molecule has 0 aliphatic rings. The number of nitrogens with two attached hydrogens (primary N) is 1. The predicted molar refractivity (Wildman–Crippen MR) is 72.7 cm³/mol. The quantitative estimate of drug-likeness (QED) is 0.469. The number of para-hydroxylation sites is 1. The molecular weight excluding hydrogens is 246 g/mol. The molecule has 104 valence electrons. The summed E-state index contributed by atoms with van der Waals surface area (Å²) in [6.45, 7) is 3.58. The Morgan fingerprint density at radius 3 is 2.58 bits per heavy atom. The number of phenolic OH excluding ortho intramolecular Hbond substituents is 1. The molecule has 0 bridgehead atoms. The second-order valence-electron chi connectivity index (χ2n) is 4.89. The number of nitrogen functional groups attached to an aromatic ring is 1. The normalized spacial score (nSPS) is 10.9. The van der Waals surface area contributed by atoms with Crippen molar-refractivity contribution < 1.29 is 14.7 Å². The van der Waals surface area contributed by atoms with Crippen LogP contribution < -0.4 is 16.4 Å². The van der Waals surface area contributed by atoms with Gasteiger partial charge in [-0.2, -0.15) is 0 Å². The summed E-state index contributed by atoms with van der Waals surface area (Å²) < 4.78 is 0. The average molecular weight is 265 g/mol. The van der Waals surface area contributed by atoms with Crippen molar-refractivity contribution in [2.24, 2.45) is 5.41 Å². The zero-order chi connectivity index (χ0) is 14.6. The van der Waals surface area contributed by atoms with Gasteiger partial charge in [-0.15, -0.1) is 0 Å². The average Bonchev–Trinajstić information content (AvgIpc) is 2.38. The lowest BCUT2D eigenvalue weighted by Crippen LogP contribution is -2.43. The van der Waals surface area contributed by atoms with Gasteiger partial charge in [0.1, 0.15) is 0 Å². The molecule has 1 aromatic carbocycles. The Bertz CT molecular complexity index is 498. The van der Waals surface area contributed by atoms with E-state index in [1.54, 1.807) is 19.9 Å². The minimum atomic E-state index is -0.736. The maximum Gasteiger partial charge on any atom is 0.255 e.